The molecule has 6 heteroatoms. The molecule has 1 aromatic carbocycles. The van der Waals surface area contributed by atoms with Crippen molar-refractivity contribution < 1.29 is 14.5 Å². The standard InChI is InChI=1S/C17H23N3O3/c1-4-14-10-15(23-20-14)6-5-7-22-16-11(2)8-13(9-12(16)3)17(18)19-21/h8-10,21H,4-7H2,1-3H3,(H2,18,19). The maximum atomic E-state index is 8.76. The van der Waals surface area contributed by atoms with Gasteiger partial charge in [0.15, 0.2) is 5.84 Å². The van der Waals surface area contributed by atoms with Crippen molar-refractivity contribution in [1.29, 1.82) is 0 Å². The molecular weight excluding hydrogens is 294 g/mol. The van der Waals surface area contributed by atoms with Crippen molar-refractivity contribution in [1.82, 2.24) is 5.16 Å². The van der Waals surface area contributed by atoms with Gasteiger partial charge in [-0.25, -0.2) is 0 Å². The van der Waals surface area contributed by atoms with Gasteiger partial charge in [-0.1, -0.05) is 17.2 Å². The second-order valence-electron chi connectivity index (χ2n) is 5.51. The molecule has 0 fully saturated rings. The number of rotatable bonds is 7. The number of aryl methyl sites for hydroxylation is 4. The molecule has 1 heterocycles. The van der Waals surface area contributed by atoms with E-state index in [0.717, 1.165) is 47.6 Å². The highest BCUT2D eigenvalue weighted by Crippen LogP contribution is 2.25. The minimum absolute atomic E-state index is 0.0970. The van der Waals surface area contributed by atoms with E-state index in [4.69, 9.17) is 20.2 Å². The predicted octanol–water partition coefficient (Wildman–Crippen LogP) is 2.96. The first-order chi connectivity index (χ1) is 11.0. The van der Waals surface area contributed by atoms with Crippen LogP contribution in [0.2, 0.25) is 0 Å². The van der Waals surface area contributed by atoms with Crippen LogP contribution in [0.1, 0.15) is 41.5 Å². The van der Waals surface area contributed by atoms with E-state index in [1.165, 1.54) is 0 Å². The van der Waals surface area contributed by atoms with Crippen molar-refractivity contribution >= 4 is 5.84 Å². The monoisotopic (exact) mass is 317 g/mol. The van der Waals surface area contributed by atoms with Gasteiger partial charge < -0.3 is 20.2 Å². The molecule has 6 nitrogen and oxygen atoms in total. The van der Waals surface area contributed by atoms with E-state index in [1.807, 2.05) is 39.0 Å². The molecular formula is C17H23N3O3. The van der Waals surface area contributed by atoms with Gasteiger partial charge in [0.2, 0.25) is 0 Å². The Morgan fingerprint density at radius 1 is 1.30 bits per heavy atom. The number of amidine groups is 1. The van der Waals surface area contributed by atoms with E-state index < -0.39 is 0 Å². The Morgan fingerprint density at radius 2 is 2.00 bits per heavy atom. The fourth-order valence-electron chi connectivity index (χ4n) is 2.44. The summed E-state index contributed by atoms with van der Waals surface area (Å²) in [7, 11) is 0. The first-order valence-corrected chi connectivity index (χ1v) is 7.71. The maximum absolute atomic E-state index is 8.76. The summed E-state index contributed by atoms with van der Waals surface area (Å²) < 4.78 is 11.1. The smallest absolute Gasteiger partial charge is 0.170 e. The number of nitrogens with two attached hydrogens (primary N) is 1. The Balaban J connectivity index is 1.93. The molecule has 3 N–H and O–H groups in total. The van der Waals surface area contributed by atoms with Crippen molar-refractivity contribution in [3.05, 3.63) is 46.3 Å². The summed E-state index contributed by atoms with van der Waals surface area (Å²) in [6.07, 6.45) is 2.53. The molecule has 0 bridgehead atoms. The molecule has 0 aliphatic rings. The van der Waals surface area contributed by atoms with Crippen LogP contribution in [0.15, 0.2) is 27.9 Å². The summed E-state index contributed by atoms with van der Waals surface area (Å²) in [6, 6.07) is 5.69. The number of aromatic nitrogens is 1. The zero-order chi connectivity index (χ0) is 16.8. The van der Waals surface area contributed by atoms with Crippen LogP contribution in [-0.4, -0.2) is 22.8 Å². The van der Waals surface area contributed by atoms with Crippen molar-refractivity contribution in [2.45, 2.75) is 40.0 Å². The molecule has 0 amide bonds. The van der Waals surface area contributed by atoms with Gasteiger partial charge in [0, 0.05) is 18.1 Å². The minimum Gasteiger partial charge on any atom is -0.493 e. The Hall–Kier alpha value is -2.50. The van der Waals surface area contributed by atoms with E-state index in [1.54, 1.807) is 0 Å². The van der Waals surface area contributed by atoms with Gasteiger partial charge in [-0.05, 0) is 49.9 Å². The molecule has 23 heavy (non-hydrogen) atoms. The third-order valence-corrected chi connectivity index (χ3v) is 3.65. The molecule has 1 aromatic heterocycles. The van der Waals surface area contributed by atoms with Crippen LogP contribution >= 0.6 is 0 Å². The summed E-state index contributed by atoms with van der Waals surface area (Å²) in [4.78, 5) is 0. The molecule has 2 rings (SSSR count). The topological polar surface area (TPSA) is 93.9 Å². The average Bonchev–Trinajstić information content (AvgIpc) is 3.00. The molecule has 0 unspecified atom stereocenters. The zero-order valence-electron chi connectivity index (χ0n) is 13.8. The fraction of sp³-hybridized carbons (Fsp3) is 0.412. The van der Waals surface area contributed by atoms with Gasteiger partial charge in [-0.15, -0.1) is 0 Å². The van der Waals surface area contributed by atoms with E-state index >= 15 is 0 Å². The number of benzene rings is 1. The quantitative estimate of drug-likeness (QED) is 0.269. The second kappa shape index (κ2) is 7.67. The van der Waals surface area contributed by atoms with Crippen LogP contribution in [0.4, 0.5) is 0 Å². The Labute approximate surface area is 135 Å². The number of hydrogen-bond donors (Lipinski definition) is 2. The SMILES string of the molecule is CCc1cc(CCCOc2c(C)cc(C(N)=NO)cc2C)on1. The number of nitrogens with zero attached hydrogens (tertiary/aromatic N) is 2. The van der Waals surface area contributed by atoms with Gasteiger partial charge in [-0.3, -0.25) is 0 Å². The summed E-state index contributed by atoms with van der Waals surface area (Å²) in [5.41, 5.74) is 9.20. The Bertz CT molecular complexity index is 669. The van der Waals surface area contributed by atoms with Crippen molar-refractivity contribution in [3.8, 4) is 5.75 Å². The second-order valence-corrected chi connectivity index (χ2v) is 5.51. The minimum atomic E-state index is 0.0970. The first kappa shape index (κ1) is 16.9. The fourth-order valence-corrected chi connectivity index (χ4v) is 2.44. The lowest BCUT2D eigenvalue weighted by Gasteiger charge is -2.13. The highest BCUT2D eigenvalue weighted by molar-refractivity contribution is 5.97. The van der Waals surface area contributed by atoms with Crippen LogP contribution in [-0.2, 0) is 12.8 Å². The third-order valence-electron chi connectivity index (χ3n) is 3.65. The van der Waals surface area contributed by atoms with Crippen LogP contribution in [0.5, 0.6) is 5.75 Å². The van der Waals surface area contributed by atoms with Crippen LogP contribution in [0.25, 0.3) is 0 Å². The summed E-state index contributed by atoms with van der Waals surface area (Å²) in [5, 5.41) is 15.8. The first-order valence-electron chi connectivity index (χ1n) is 7.71. The van der Waals surface area contributed by atoms with Gasteiger partial charge >= 0.3 is 0 Å². The van der Waals surface area contributed by atoms with Crippen LogP contribution in [0, 0.1) is 13.8 Å². The maximum Gasteiger partial charge on any atom is 0.170 e. The van der Waals surface area contributed by atoms with Gasteiger partial charge in [0.25, 0.3) is 0 Å². The molecule has 0 saturated heterocycles. The number of ether oxygens (including phenoxy) is 1. The highest BCUT2D eigenvalue weighted by atomic mass is 16.5. The molecule has 0 radical (unpaired) electrons. The lowest BCUT2D eigenvalue weighted by Crippen LogP contribution is -2.14. The molecule has 124 valence electrons. The average molecular weight is 317 g/mol. The molecule has 0 aliphatic heterocycles. The largest absolute Gasteiger partial charge is 0.493 e. The van der Waals surface area contributed by atoms with Gasteiger partial charge in [0.1, 0.15) is 11.5 Å². The summed E-state index contributed by atoms with van der Waals surface area (Å²) >= 11 is 0. The predicted molar refractivity (Wildman–Crippen MR) is 88.1 cm³/mol. The van der Waals surface area contributed by atoms with Crippen molar-refractivity contribution in [3.63, 3.8) is 0 Å². The lowest BCUT2D eigenvalue weighted by atomic mass is 10.1. The third kappa shape index (κ3) is 4.25. The van der Waals surface area contributed by atoms with E-state index in [-0.39, 0.29) is 5.84 Å². The normalized spacial score (nSPS) is 11.7. The molecule has 2 aromatic rings. The van der Waals surface area contributed by atoms with Gasteiger partial charge in [0.05, 0.1) is 12.3 Å². The van der Waals surface area contributed by atoms with Crippen LogP contribution in [0.3, 0.4) is 0 Å². The lowest BCUT2D eigenvalue weighted by molar-refractivity contribution is 0.296. The number of hydrogen-bond acceptors (Lipinski definition) is 5. The van der Waals surface area contributed by atoms with Crippen molar-refractivity contribution in [2.24, 2.45) is 10.9 Å². The van der Waals surface area contributed by atoms with Gasteiger partial charge in [-0.2, -0.15) is 0 Å². The molecule has 0 atom stereocenters. The summed E-state index contributed by atoms with van der Waals surface area (Å²) in [6.45, 7) is 6.53. The Kier molecular flexibility index (Phi) is 5.62. The number of oxime groups is 1. The summed E-state index contributed by atoms with van der Waals surface area (Å²) in [5.74, 6) is 1.83. The Morgan fingerprint density at radius 3 is 2.57 bits per heavy atom. The van der Waals surface area contributed by atoms with E-state index in [9.17, 15) is 0 Å². The molecule has 0 saturated carbocycles. The molecule has 0 aliphatic carbocycles. The molecule has 0 spiro atoms. The van der Waals surface area contributed by atoms with E-state index in [0.29, 0.717) is 12.2 Å². The van der Waals surface area contributed by atoms with Crippen LogP contribution < -0.4 is 10.5 Å². The van der Waals surface area contributed by atoms with Crippen molar-refractivity contribution in [2.75, 3.05) is 6.61 Å². The van der Waals surface area contributed by atoms with E-state index in [2.05, 4.69) is 10.3 Å². The zero-order valence-corrected chi connectivity index (χ0v) is 13.8. The highest BCUT2D eigenvalue weighted by Gasteiger charge is 2.09.